The van der Waals surface area contributed by atoms with Crippen LogP contribution in [0, 0.1) is 34.5 Å². The minimum absolute atomic E-state index is 0.0363. The fraction of sp³-hybridized carbons (Fsp3) is 0.862. The van der Waals surface area contributed by atoms with Gasteiger partial charge in [0.05, 0.1) is 6.10 Å². The normalized spacial score (nSPS) is 42.5. The van der Waals surface area contributed by atoms with Gasteiger partial charge in [-0.15, -0.1) is 0 Å². The molecule has 4 aliphatic rings. The van der Waals surface area contributed by atoms with E-state index in [0.29, 0.717) is 10.8 Å². The summed E-state index contributed by atoms with van der Waals surface area (Å²) >= 11 is 0. The van der Waals surface area contributed by atoms with Gasteiger partial charge in [-0.25, -0.2) is 0 Å². The quantitative estimate of drug-likeness (QED) is 0.435. The molecule has 7 atom stereocenters. The summed E-state index contributed by atoms with van der Waals surface area (Å²) in [6.07, 6.45) is 19.3. The van der Waals surface area contributed by atoms with Crippen LogP contribution in [-0.2, 0) is 0 Å². The Morgan fingerprint density at radius 2 is 1.93 bits per heavy atom. The molecule has 0 aromatic heterocycles. The molecule has 0 spiro atoms. The van der Waals surface area contributed by atoms with Gasteiger partial charge in [0.2, 0.25) is 0 Å². The van der Waals surface area contributed by atoms with Crippen LogP contribution < -0.4 is 0 Å². The van der Waals surface area contributed by atoms with E-state index in [9.17, 15) is 5.11 Å². The Balaban J connectivity index is 1.48. The fourth-order valence-corrected chi connectivity index (χ4v) is 8.70. The van der Waals surface area contributed by atoms with E-state index >= 15 is 0 Å². The monoisotopic (exact) mass is 412 g/mol. The van der Waals surface area contributed by atoms with E-state index in [2.05, 4.69) is 40.7 Å². The van der Waals surface area contributed by atoms with Crippen LogP contribution in [0.3, 0.4) is 0 Å². The molecular formula is C29H48O. The average molecular weight is 413 g/mol. The summed E-state index contributed by atoms with van der Waals surface area (Å²) in [4.78, 5) is 0. The lowest BCUT2D eigenvalue weighted by atomic mass is 9.50. The molecular weight excluding hydrogens is 364 g/mol. The molecule has 0 amide bonds. The van der Waals surface area contributed by atoms with Crippen molar-refractivity contribution in [1.82, 2.24) is 0 Å². The van der Waals surface area contributed by atoms with Crippen LogP contribution in [0.5, 0.6) is 0 Å². The van der Waals surface area contributed by atoms with E-state index < -0.39 is 0 Å². The molecule has 4 aliphatic carbocycles. The van der Waals surface area contributed by atoms with Crippen molar-refractivity contribution in [2.75, 3.05) is 0 Å². The van der Waals surface area contributed by atoms with Crippen LogP contribution in [0.15, 0.2) is 22.8 Å². The van der Waals surface area contributed by atoms with Crippen molar-refractivity contribution >= 4 is 0 Å². The topological polar surface area (TPSA) is 20.2 Å². The first-order valence-electron chi connectivity index (χ1n) is 13.4. The average Bonchev–Trinajstić information content (AvgIpc) is 3.06. The molecule has 1 N–H and O–H groups in total. The summed E-state index contributed by atoms with van der Waals surface area (Å²) in [5.74, 6) is 3.36. The summed E-state index contributed by atoms with van der Waals surface area (Å²) in [5.41, 5.74) is 6.32. The maximum Gasteiger partial charge on any atom is 0.0543 e. The van der Waals surface area contributed by atoms with Crippen LogP contribution in [0.25, 0.3) is 0 Å². The Morgan fingerprint density at radius 1 is 1.13 bits per heavy atom. The van der Waals surface area contributed by atoms with Gasteiger partial charge in [0.15, 0.2) is 0 Å². The summed E-state index contributed by atoms with van der Waals surface area (Å²) in [6.45, 7) is 12.4. The summed E-state index contributed by atoms with van der Waals surface area (Å²) in [5, 5.41) is 10.3. The Labute approximate surface area is 186 Å². The van der Waals surface area contributed by atoms with Gasteiger partial charge in [-0.3, -0.25) is 0 Å². The molecule has 30 heavy (non-hydrogen) atoms. The third-order valence-electron chi connectivity index (χ3n) is 10.5. The second kappa shape index (κ2) is 8.76. The van der Waals surface area contributed by atoms with Gasteiger partial charge in [0.1, 0.15) is 0 Å². The molecule has 0 aromatic rings. The zero-order valence-electron chi connectivity index (χ0n) is 20.6. The summed E-state index contributed by atoms with van der Waals surface area (Å²) in [7, 11) is 0. The summed E-state index contributed by atoms with van der Waals surface area (Å²) < 4.78 is 0. The van der Waals surface area contributed by atoms with Crippen molar-refractivity contribution in [2.24, 2.45) is 34.5 Å². The highest BCUT2D eigenvalue weighted by atomic mass is 16.3. The van der Waals surface area contributed by atoms with Crippen molar-refractivity contribution < 1.29 is 5.11 Å². The Morgan fingerprint density at radius 3 is 2.70 bits per heavy atom. The van der Waals surface area contributed by atoms with Crippen LogP contribution in [0.1, 0.15) is 118 Å². The molecule has 2 unspecified atom stereocenters. The number of aliphatic hydroxyl groups is 1. The first-order chi connectivity index (χ1) is 14.3. The van der Waals surface area contributed by atoms with Crippen LogP contribution in [-0.4, -0.2) is 11.2 Å². The molecule has 1 nitrogen and oxygen atoms in total. The lowest BCUT2D eigenvalue weighted by Crippen LogP contribution is -2.45. The Bertz CT molecular complexity index is 686. The van der Waals surface area contributed by atoms with Crippen molar-refractivity contribution in [1.29, 1.82) is 0 Å². The van der Waals surface area contributed by atoms with Gasteiger partial charge in [-0.2, -0.15) is 0 Å². The number of hydrogen-bond acceptors (Lipinski definition) is 1. The SMILES string of the molecule is CCCC(C)=CCC[C@@H](C)[C@H]1CC[C@H]2C3=C(CC[C@]12C)[C@@]1(C)CCC(O)CC1CC3. The molecule has 0 bridgehead atoms. The molecule has 170 valence electrons. The lowest BCUT2D eigenvalue weighted by Gasteiger charge is -2.55. The Kier molecular flexibility index (Phi) is 6.61. The highest BCUT2D eigenvalue weighted by Crippen LogP contribution is 2.66. The highest BCUT2D eigenvalue weighted by Gasteiger charge is 2.55. The third kappa shape index (κ3) is 3.87. The first kappa shape index (κ1) is 22.6. The van der Waals surface area contributed by atoms with Gasteiger partial charge in [-0.05, 0) is 118 Å². The minimum atomic E-state index is -0.0363. The number of rotatable bonds is 6. The van der Waals surface area contributed by atoms with E-state index in [1.54, 1.807) is 5.57 Å². The molecule has 0 saturated heterocycles. The predicted octanol–water partition coefficient (Wildman–Crippen LogP) is 8.23. The Hall–Kier alpha value is -0.560. The van der Waals surface area contributed by atoms with E-state index in [-0.39, 0.29) is 6.10 Å². The summed E-state index contributed by atoms with van der Waals surface area (Å²) in [6, 6.07) is 0. The van der Waals surface area contributed by atoms with Crippen molar-refractivity contribution in [3.63, 3.8) is 0 Å². The molecule has 2 saturated carbocycles. The van der Waals surface area contributed by atoms with Gasteiger partial charge in [0, 0.05) is 0 Å². The maximum atomic E-state index is 10.3. The van der Waals surface area contributed by atoms with Gasteiger partial charge in [0.25, 0.3) is 0 Å². The predicted molar refractivity (Wildman–Crippen MR) is 128 cm³/mol. The standard InChI is InChI=1S/C29H48O/c1-6-8-20(2)9-7-10-21(3)25-13-14-26-24-12-11-22-19-23(30)15-17-28(22,4)27(24)16-18-29(25,26)5/h9,21-23,25-26,30H,6-8,10-19H2,1-5H3/t21-,22?,23?,25-,26+,28+,29-/m1/s1. The molecule has 0 heterocycles. The molecule has 0 aliphatic heterocycles. The van der Waals surface area contributed by atoms with Crippen LogP contribution >= 0.6 is 0 Å². The molecule has 0 radical (unpaired) electrons. The number of hydrogen-bond donors (Lipinski definition) is 1. The second-order valence-electron chi connectivity index (χ2n) is 12.2. The smallest absolute Gasteiger partial charge is 0.0543 e. The zero-order chi connectivity index (χ0) is 21.5. The van der Waals surface area contributed by atoms with E-state index in [0.717, 1.165) is 36.5 Å². The minimum Gasteiger partial charge on any atom is -0.393 e. The molecule has 0 aromatic carbocycles. The van der Waals surface area contributed by atoms with Crippen molar-refractivity contribution in [3.8, 4) is 0 Å². The number of allylic oxidation sites excluding steroid dienone is 4. The number of aliphatic hydroxyl groups excluding tert-OH is 1. The van der Waals surface area contributed by atoms with E-state index in [1.807, 2.05) is 11.1 Å². The molecule has 4 rings (SSSR count). The van der Waals surface area contributed by atoms with Gasteiger partial charge < -0.3 is 5.11 Å². The van der Waals surface area contributed by atoms with Gasteiger partial charge >= 0.3 is 0 Å². The highest BCUT2D eigenvalue weighted by molar-refractivity contribution is 5.34. The maximum absolute atomic E-state index is 10.3. The van der Waals surface area contributed by atoms with Gasteiger partial charge in [-0.1, -0.05) is 56.9 Å². The van der Waals surface area contributed by atoms with Crippen molar-refractivity contribution in [2.45, 2.75) is 124 Å². The third-order valence-corrected chi connectivity index (χ3v) is 10.5. The second-order valence-corrected chi connectivity index (χ2v) is 12.2. The van der Waals surface area contributed by atoms with Crippen LogP contribution in [0.2, 0.25) is 0 Å². The fourth-order valence-electron chi connectivity index (χ4n) is 8.70. The zero-order valence-corrected chi connectivity index (χ0v) is 20.6. The molecule has 1 heteroatoms. The lowest BCUT2D eigenvalue weighted by molar-refractivity contribution is 0.0133. The molecule has 2 fully saturated rings. The first-order valence-corrected chi connectivity index (χ1v) is 13.4. The van der Waals surface area contributed by atoms with Crippen molar-refractivity contribution in [3.05, 3.63) is 22.8 Å². The van der Waals surface area contributed by atoms with E-state index in [1.165, 1.54) is 70.6 Å². The van der Waals surface area contributed by atoms with E-state index in [4.69, 9.17) is 0 Å². The number of fused-ring (bicyclic) bond motifs is 4. The van der Waals surface area contributed by atoms with Crippen LogP contribution in [0.4, 0.5) is 0 Å². The largest absolute Gasteiger partial charge is 0.393 e.